The van der Waals surface area contributed by atoms with Crippen LogP contribution in [0.15, 0.2) is 33.8 Å². The molecular weight excluding hydrogens is 450 g/mol. The number of aryl methyl sites for hydroxylation is 1. The zero-order valence-corrected chi connectivity index (χ0v) is 18.2. The molecule has 2 aromatic rings. The molecule has 0 saturated carbocycles. The molecule has 168 valence electrons. The molecule has 1 heterocycles. The highest BCUT2D eigenvalue weighted by Crippen LogP contribution is 2.37. The molecule has 4 N–H and O–H groups in total. The number of methoxy groups -OCH3 is 1. The normalized spacial score (nSPS) is 15.6. The third-order valence-corrected chi connectivity index (χ3v) is 7.01. The molecule has 0 radical (unpaired) electrons. The number of fused-ring (bicyclic) bond motifs is 1. The number of phenols is 1. The number of urea groups is 1. The summed E-state index contributed by atoms with van der Waals surface area (Å²) in [5.41, 5.74) is 0.900. The maximum Gasteiger partial charge on any atom is 0.406 e. The van der Waals surface area contributed by atoms with Crippen molar-refractivity contribution in [3.63, 3.8) is 0 Å². The van der Waals surface area contributed by atoms with Gasteiger partial charge in [-0.2, -0.15) is 0 Å². The van der Waals surface area contributed by atoms with E-state index in [-0.39, 0.29) is 23.3 Å². The summed E-state index contributed by atoms with van der Waals surface area (Å²) in [5.74, 6) is -0.542. The van der Waals surface area contributed by atoms with Crippen molar-refractivity contribution in [2.75, 3.05) is 24.7 Å². The molecule has 1 aliphatic rings. The van der Waals surface area contributed by atoms with E-state index in [4.69, 9.17) is 16.0 Å². The quantitative estimate of drug-likeness (QED) is 0.473. The average Bonchev–Trinajstić information content (AvgIpc) is 3.19. The number of halogens is 1. The molecule has 0 bridgehead atoms. The Bertz CT molecular complexity index is 1080. The van der Waals surface area contributed by atoms with Gasteiger partial charge in [0.15, 0.2) is 15.6 Å². The fraction of sp³-hybridized carbons (Fsp3) is 0.368. The Balaban J connectivity index is 1.73. The number of nitrogens with one attached hydrogen (secondary N) is 3. The second-order valence-corrected chi connectivity index (χ2v) is 9.32. The van der Waals surface area contributed by atoms with Gasteiger partial charge in [0.25, 0.3) is 0 Å². The van der Waals surface area contributed by atoms with Gasteiger partial charge in [0.05, 0.1) is 35.9 Å². The average molecular weight is 472 g/mol. The number of alkyl carbamates (subject to hydrolysis) is 1. The first-order valence-electron chi connectivity index (χ1n) is 9.42. The zero-order chi connectivity index (χ0) is 22.6. The van der Waals surface area contributed by atoms with Gasteiger partial charge in [-0.15, -0.1) is 0 Å². The van der Waals surface area contributed by atoms with Crippen molar-refractivity contribution in [1.82, 2.24) is 10.6 Å². The van der Waals surface area contributed by atoms with Gasteiger partial charge < -0.3 is 30.2 Å². The van der Waals surface area contributed by atoms with Crippen LogP contribution < -0.4 is 16.0 Å². The van der Waals surface area contributed by atoms with Crippen molar-refractivity contribution in [3.8, 4) is 5.75 Å². The first-order chi connectivity index (χ1) is 14.7. The number of hydrogen-bond acceptors (Lipinski definition) is 7. The lowest BCUT2D eigenvalue weighted by molar-refractivity contribution is 0.171. The molecule has 1 atom stereocenters. The van der Waals surface area contributed by atoms with E-state index < -0.39 is 38.4 Å². The standard InChI is InChI=1S/C19H22ClN3O7S/c1-29-19(26)21-8-10-31(27,28)17-12(20)5-6-13(15(17)24)22-18(25)23-14-4-2-3-11-7-9-30-16(11)14/h5-7,9,14,24H,2-4,8,10H2,1H3,(H,21,26)(H2,22,23,25)/t14-/m0/s1. The van der Waals surface area contributed by atoms with E-state index in [1.54, 1.807) is 6.26 Å². The van der Waals surface area contributed by atoms with Crippen molar-refractivity contribution >= 4 is 39.2 Å². The van der Waals surface area contributed by atoms with Gasteiger partial charge in [-0.05, 0) is 43.0 Å². The van der Waals surface area contributed by atoms with Gasteiger partial charge in [0.2, 0.25) is 0 Å². The van der Waals surface area contributed by atoms with Gasteiger partial charge in [-0.1, -0.05) is 11.6 Å². The van der Waals surface area contributed by atoms with Crippen LogP contribution in [0, 0.1) is 0 Å². The lowest BCUT2D eigenvalue weighted by Crippen LogP contribution is -2.34. The van der Waals surface area contributed by atoms with Crippen LogP contribution in [-0.2, 0) is 21.0 Å². The van der Waals surface area contributed by atoms with E-state index in [9.17, 15) is 23.1 Å². The highest BCUT2D eigenvalue weighted by atomic mass is 35.5. The van der Waals surface area contributed by atoms with Gasteiger partial charge in [-0.3, -0.25) is 0 Å². The largest absolute Gasteiger partial charge is 0.504 e. The number of benzene rings is 1. The zero-order valence-electron chi connectivity index (χ0n) is 16.6. The molecule has 3 rings (SSSR count). The molecule has 1 aliphatic carbocycles. The van der Waals surface area contributed by atoms with Gasteiger partial charge in [0.1, 0.15) is 10.7 Å². The number of anilines is 1. The summed E-state index contributed by atoms with van der Waals surface area (Å²) in [7, 11) is -2.94. The van der Waals surface area contributed by atoms with Crippen molar-refractivity contribution in [1.29, 1.82) is 0 Å². The third kappa shape index (κ3) is 5.23. The summed E-state index contributed by atoms with van der Waals surface area (Å²) in [6, 6.07) is 3.44. The summed E-state index contributed by atoms with van der Waals surface area (Å²) in [6.45, 7) is -0.254. The number of phenolic OH excluding ortho intramolecular Hbond substituents is 1. The minimum atomic E-state index is -4.08. The molecule has 1 aromatic heterocycles. The number of amides is 3. The fourth-order valence-corrected chi connectivity index (χ4v) is 5.20. The summed E-state index contributed by atoms with van der Waals surface area (Å²) < 4.78 is 35.1. The molecule has 0 spiro atoms. The lowest BCUT2D eigenvalue weighted by atomic mass is 9.94. The molecule has 0 unspecified atom stereocenters. The monoisotopic (exact) mass is 471 g/mol. The van der Waals surface area contributed by atoms with Crippen molar-refractivity contribution in [2.24, 2.45) is 0 Å². The predicted molar refractivity (Wildman–Crippen MR) is 112 cm³/mol. The summed E-state index contributed by atoms with van der Waals surface area (Å²) in [4.78, 5) is 23.0. The Kier molecular flexibility index (Phi) is 6.96. The van der Waals surface area contributed by atoms with Gasteiger partial charge in [-0.25, -0.2) is 18.0 Å². The summed E-state index contributed by atoms with van der Waals surface area (Å²) in [6.07, 6.45) is 3.22. The Morgan fingerprint density at radius 3 is 2.84 bits per heavy atom. The molecule has 12 heteroatoms. The van der Waals surface area contributed by atoms with Crippen LogP contribution in [0.3, 0.4) is 0 Å². The Morgan fingerprint density at radius 1 is 1.32 bits per heavy atom. The van der Waals surface area contributed by atoms with E-state index >= 15 is 0 Å². The molecule has 0 fully saturated rings. The van der Waals surface area contributed by atoms with E-state index in [0.29, 0.717) is 12.2 Å². The summed E-state index contributed by atoms with van der Waals surface area (Å²) in [5, 5.41) is 17.7. The second kappa shape index (κ2) is 9.48. The highest BCUT2D eigenvalue weighted by molar-refractivity contribution is 7.91. The van der Waals surface area contributed by atoms with Crippen molar-refractivity contribution < 1.29 is 32.3 Å². The lowest BCUT2D eigenvalue weighted by Gasteiger charge is -2.22. The second-order valence-electron chi connectivity index (χ2n) is 6.86. The number of furan rings is 1. The number of hydrogen-bond donors (Lipinski definition) is 4. The van der Waals surface area contributed by atoms with Crippen LogP contribution in [0.5, 0.6) is 5.75 Å². The topological polar surface area (TPSA) is 147 Å². The Labute approximate surface area is 183 Å². The molecule has 10 nitrogen and oxygen atoms in total. The van der Waals surface area contributed by atoms with Crippen molar-refractivity contribution in [2.45, 2.75) is 30.2 Å². The minimum Gasteiger partial charge on any atom is -0.504 e. The number of carbonyl (C=O) groups is 2. The number of sulfone groups is 1. The van der Waals surface area contributed by atoms with E-state index in [1.807, 2.05) is 6.07 Å². The molecule has 1 aromatic carbocycles. The van der Waals surface area contributed by atoms with Crippen LogP contribution in [0.1, 0.15) is 30.2 Å². The number of aromatic hydroxyl groups is 1. The van der Waals surface area contributed by atoms with E-state index in [1.165, 1.54) is 12.1 Å². The SMILES string of the molecule is COC(=O)NCCS(=O)(=O)c1c(Cl)ccc(NC(=O)N[C@H]2CCCc3ccoc32)c1O. The fourth-order valence-electron chi connectivity index (χ4n) is 3.35. The number of carbonyl (C=O) groups excluding carboxylic acids is 2. The number of rotatable bonds is 6. The van der Waals surface area contributed by atoms with Crippen LogP contribution in [0.4, 0.5) is 15.3 Å². The third-order valence-electron chi connectivity index (χ3n) is 4.81. The molecular formula is C19H22ClN3O7S. The Morgan fingerprint density at radius 2 is 2.10 bits per heavy atom. The molecule has 0 aliphatic heterocycles. The van der Waals surface area contributed by atoms with Crippen LogP contribution in [-0.4, -0.2) is 45.1 Å². The van der Waals surface area contributed by atoms with Gasteiger partial charge >= 0.3 is 12.1 Å². The first-order valence-corrected chi connectivity index (χ1v) is 11.5. The predicted octanol–water partition coefficient (Wildman–Crippen LogP) is 2.97. The van der Waals surface area contributed by atoms with Crippen LogP contribution in [0.2, 0.25) is 5.02 Å². The summed E-state index contributed by atoms with van der Waals surface area (Å²) >= 11 is 6.00. The molecule has 31 heavy (non-hydrogen) atoms. The minimum absolute atomic E-state index is 0.128. The van der Waals surface area contributed by atoms with Crippen LogP contribution >= 0.6 is 11.6 Å². The van der Waals surface area contributed by atoms with Crippen LogP contribution in [0.25, 0.3) is 0 Å². The molecule has 0 saturated heterocycles. The highest BCUT2D eigenvalue weighted by Gasteiger charge is 2.27. The van der Waals surface area contributed by atoms with Gasteiger partial charge in [0, 0.05) is 6.54 Å². The first kappa shape index (κ1) is 22.8. The van der Waals surface area contributed by atoms with E-state index in [0.717, 1.165) is 25.5 Å². The maximum absolute atomic E-state index is 12.6. The number of ether oxygens (including phenoxy) is 1. The maximum atomic E-state index is 12.6. The Hall–Kier alpha value is -2.92. The van der Waals surface area contributed by atoms with Crippen molar-refractivity contribution in [3.05, 3.63) is 40.8 Å². The smallest absolute Gasteiger partial charge is 0.406 e. The molecule has 3 amide bonds. The van der Waals surface area contributed by atoms with E-state index in [2.05, 4.69) is 20.7 Å².